The maximum Gasteiger partial charge on any atom is 0.410 e. The molecule has 0 fully saturated rings. The molecule has 21 heavy (non-hydrogen) atoms. The van der Waals surface area contributed by atoms with Gasteiger partial charge in [-0.1, -0.05) is 36.4 Å². The van der Waals surface area contributed by atoms with Crippen molar-refractivity contribution < 1.29 is 14.6 Å². The molecule has 2 aromatic rings. The number of carbonyl (C=O) groups excluding carboxylic acids is 1. The number of aromatic hydroxyl groups is 1. The molecule has 4 nitrogen and oxygen atoms in total. The summed E-state index contributed by atoms with van der Waals surface area (Å²) >= 11 is 0. The first kappa shape index (κ1) is 13.5. The fourth-order valence-corrected chi connectivity index (χ4v) is 2.92. The first-order chi connectivity index (χ1) is 10.2. The summed E-state index contributed by atoms with van der Waals surface area (Å²) in [6, 6.07) is 15.0. The van der Waals surface area contributed by atoms with Crippen LogP contribution < -0.4 is 0 Å². The highest BCUT2D eigenvalue weighted by atomic mass is 16.5. The van der Waals surface area contributed by atoms with Crippen LogP contribution in [0.25, 0.3) is 0 Å². The highest BCUT2D eigenvalue weighted by Gasteiger charge is 2.32. The van der Waals surface area contributed by atoms with E-state index >= 15 is 0 Å². The summed E-state index contributed by atoms with van der Waals surface area (Å²) in [6.07, 6.45) is 0.380. The number of hydrogen-bond acceptors (Lipinski definition) is 3. The third kappa shape index (κ3) is 2.44. The maximum absolute atomic E-state index is 12.1. The Bertz CT molecular complexity index is 654. The van der Waals surface area contributed by atoms with Crippen molar-refractivity contribution in [1.82, 2.24) is 4.90 Å². The molecular weight excluding hydrogens is 266 g/mol. The zero-order valence-corrected chi connectivity index (χ0v) is 11.8. The number of benzene rings is 2. The smallest absolute Gasteiger partial charge is 0.410 e. The molecule has 1 aliphatic rings. The fourth-order valence-electron chi connectivity index (χ4n) is 2.92. The highest BCUT2D eigenvalue weighted by Crippen LogP contribution is 2.36. The van der Waals surface area contributed by atoms with E-state index < -0.39 is 0 Å². The quantitative estimate of drug-likeness (QED) is 0.875. The molecule has 1 amide bonds. The minimum absolute atomic E-state index is 0.178. The molecule has 1 unspecified atom stereocenters. The highest BCUT2D eigenvalue weighted by molar-refractivity contribution is 5.70. The average molecular weight is 283 g/mol. The Kier molecular flexibility index (Phi) is 3.52. The van der Waals surface area contributed by atoms with E-state index in [9.17, 15) is 9.90 Å². The first-order valence-corrected chi connectivity index (χ1v) is 6.92. The van der Waals surface area contributed by atoms with Crippen LogP contribution in [0.1, 0.15) is 22.7 Å². The van der Waals surface area contributed by atoms with E-state index in [0.29, 0.717) is 13.0 Å². The van der Waals surface area contributed by atoms with Crippen molar-refractivity contribution >= 4 is 6.09 Å². The molecule has 108 valence electrons. The van der Waals surface area contributed by atoms with Crippen molar-refractivity contribution in [2.75, 3.05) is 13.7 Å². The number of hydrogen-bond donors (Lipinski definition) is 1. The molecule has 0 saturated carbocycles. The largest absolute Gasteiger partial charge is 0.508 e. The Balaban J connectivity index is 2.11. The lowest BCUT2D eigenvalue weighted by Crippen LogP contribution is -2.40. The third-order valence-electron chi connectivity index (χ3n) is 3.88. The van der Waals surface area contributed by atoms with Gasteiger partial charge in [0.05, 0.1) is 13.2 Å². The van der Waals surface area contributed by atoms with Crippen LogP contribution in [0.5, 0.6) is 5.75 Å². The predicted octanol–water partition coefficient (Wildman–Crippen LogP) is 3.11. The Morgan fingerprint density at radius 2 is 2.00 bits per heavy atom. The standard InChI is InChI=1S/C17H17NO3/c1-21-17(20)18-10-9-13-11-14(19)7-8-15(13)16(18)12-5-3-2-4-6-12/h2-8,11,16,19H,9-10H2,1H3. The Hall–Kier alpha value is -2.49. The van der Waals surface area contributed by atoms with Crippen LogP contribution in [-0.2, 0) is 11.2 Å². The van der Waals surface area contributed by atoms with Gasteiger partial charge in [0, 0.05) is 6.54 Å². The summed E-state index contributed by atoms with van der Waals surface area (Å²) in [7, 11) is 1.40. The molecule has 0 aromatic heterocycles. The predicted molar refractivity (Wildman–Crippen MR) is 79.2 cm³/mol. The second-order valence-corrected chi connectivity index (χ2v) is 5.11. The van der Waals surface area contributed by atoms with E-state index in [-0.39, 0.29) is 17.9 Å². The zero-order chi connectivity index (χ0) is 14.8. The second-order valence-electron chi connectivity index (χ2n) is 5.11. The number of methoxy groups -OCH3 is 1. The molecule has 0 radical (unpaired) electrons. The van der Waals surface area contributed by atoms with Gasteiger partial charge in [-0.05, 0) is 35.2 Å². The van der Waals surface area contributed by atoms with Crippen LogP contribution in [0.4, 0.5) is 4.79 Å². The topological polar surface area (TPSA) is 49.8 Å². The number of carbonyl (C=O) groups is 1. The number of phenols is 1. The molecule has 1 aliphatic heterocycles. The fraction of sp³-hybridized carbons (Fsp3) is 0.235. The Morgan fingerprint density at radius 3 is 2.71 bits per heavy atom. The summed E-state index contributed by atoms with van der Waals surface area (Å²) in [6.45, 7) is 0.572. The molecule has 4 heteroatoms. The van der Waals surface area contributed by atoms with Gasteiger partial charge in [-0.3, -0.25) is 4.90 Å². The van der Waals surface area contributed by atoms with Gasteiger partial charge >= 0.3 is 6.09 Å². The summed E-state index contributed by atoms with van der Waals surface area (Å²) < 4.78 is 4.92. The zero-order valence-electron chi connectivity index (χ0n) is 11.8. The molecule has 0 aliphatic carbocycles. The molecule has 0 saturated heterocycles. The molecule has 0 bridgehead atoms. The SMILES string of the molecule is COC(=O)N1CCc2cc(O)ccc2C1c1ccccc1. The molecule has 2 aromatic carbocycles. The third-order valence-corrected chi connectivity index (χ3v) is 3.88. The van der Waals surface area contributed by atoms with Crippen LogP contribution in [0.2, 0.25) is 0 Å². The van der Waals surface area contributed by atoms with E-state index in [2.05, 4.69) is 0 Å². The summed E-state index contributed by atoms with van der Waals surface area (Å²) in [4.78, 5) is 13.8. The van der Waals surface area contributed by atoms with Crippen molar-refractivity contribution in [3.8, 4) is 5.75 Å². The molecule has 3 rings (SSSR count). The number of nitrogens with zero attached hydrogens (tertiary/aromatic N) is 1. The second kappa shape index (κ2) is 5.48. The van der Waals surface area contributed by atoms with Gasteiger partial charge < -0.3 is 9.84 Å². The van der Waals surface area contributed by atoms with Crippen molar-refractivity contribution in [3.63, 3.8) is 0 Å². The van der Waals surface area contributed by atoms with Gasteiger partial charge in [0.2, 0.25) is 0 Å². The van der Waals surface area contributed by atoms with Gasteiger partial charge in [-0.15, -0.1) is 0 Å². The van der Waals surface area contributed by atoms with Crippen LogP contribution in [0, 0.1) is 0 Å². The minimum atomic E-state index is -0.331. The van der Waals surface area contributed by atoms with Gasteiger partial charge in [0.1, 0.15) is 5.75 Å². The Morgan fingerprint density at radius 1 is 1.24 bits per heavy atom. The normalized spacial score (nSPS) is 17.2. The van der Waals surface area contributed by atoms with E-state index in [0.717, 1.165) is 16.7 Å². The number of ether oxygens (including phenoxy) is 1. The van der Waals surface area contributed by atoms with E-state index in [1.54, 1.807) is 17.0 Å². The van der Waals surface area contributed by atoms with E-state index in [1.165, 1.54) is 7.11 Å². The summed E-state index contributed by atoms with van der Waals surface area (Å²) in [5.41, 5.74) is 3.15. The van der Waals surface area contributed by atoms with E-state index in [1.807, 2.05) is 36.4 Å². The molecule has 1 N–H and O–H groups in total. The van der Waals surface area contributed by atoms with Crippen molar-refractivity contribution in [2.45, 2.75) is 12.5 Å². The average Bonchev–Trinajstić information content (AvgIpc) is 2.53. The van der Waals surface area contributed by atoms with E-state index in [4.69, 9.17) is 4.74 Å². The number of fused-ring (bicyclic) bond motifs is 1. The number of phenolic OH excluding ortho intramolecular Hbond substituents is 1. The Labute approximate surface area is 123 Å². The van der Waals surface area contributed by atoms with Gasteiger partial charge in [-0.25, -0.2) is 4.79 Å². The molecule has 1 atom stereocenters. The monoisotopic (exact) mass is 283 g/mol. The van der Waals surface area contributed by atoms with Crippen molar-refractivity contribution in [3.05, 3.63) is 65.2 Å². The van der Waals surface area contributed by atoms with Gasteiger partial charge in [0.15, 0.2) is 0 Å². The first-order valence-electron chi connectivity index (χ1n) is 6.92. The molecule has 1 heterocycles. The number of amides is 1. The van der Waals surface area contributed by atoms with Gasteiger partial charge in [-0.2, -0.15) is 0 Å². The lowest BCUT2D eigenvalue weighted by molar-refractivity contribution is 0.109. The van der Waals surface area contributed by atoms with Crippen molar-refractivity contribution in [1.29, 1.82) is 0 Å². The van der Waals surface area contributed by atoms with Crippen molar-refractivity contribution in [2.24, 2.45) is 0 Å². The molecular formula is C17H17NO3. The van der Waals surface area contributed by atoms with Crippen LogP contribution in [0.15, 0.2) is 48.5 Å². The lowest BCUT2D eigenvalue weighted by atomic mass is 9.88. The summed E-state index contributed by atoms with van der Waals surface area (Å²) in [5.74, 6) is 0.257. The summed E-state index contributed by atoms with van der Waals surface area (Å²) in [5, 5.41) is 9.66. The van der Waals surface area contributed by atoms with Gasteiger partial charge in [0.25, 0.3) is 0 Å². The van der Waals surface area contributed by atoms with Crippen LogP contribution >= 0.6 is 0 Å². The molecule has 0 spiro atoms. The van der Waals surface area contributed by atoms with Crippen LogP contribution in [0.3, 0.4) is 0 Å². The number of rotatable bonds is 1. The minimum Gasteiger partial charge on any atom is -0.508 e. The lowest BCUT2D eigenvalue weighted by Gasteiger charge is -2.36. The maximum atomic E-state index is 12.1. The van der Waals surface area contributed by atoms with Crippen LogP contribution in [-0.4, -0.2) is 29.8 Å².